The van der Waals surface area contributed by atoms with Crippen LogP contribution in [0.2, 0.25) is 0 Å². The van der Waals surface area contributed by atoms with E-state index < -0.39 is 0 Å². The van der Waals surface area contributed by atoms with Gasteiger partial charge in [0.2, 0.25) is 0 Å². The van der Waals surface area contributed by atoms with Gasteiger partial charge in [0.25, 0.3) is 5.91 Å². The quantitative estimate of drug-likeness (QED) is 0.828. The Kier molecular flexibility index (Phi) is 5.21. The normalized spacial score (nSPS) is 26.5. The number of benzene rings is 2. The van der Waals surface area contributed by atoms with Gasteiger partial charge >= 0.3 is 6.03 Å². The Hall–Kier alpha value is -3.16. The number of hydrogen-bond acceptors (Lipinski definition) is 5. The molecular formula is C24H27N5O2. The monoisotopic (exact) mass is 417 g/mol. The second-order valence-corrected chi connectivity index (χ2v) is 8.21. The first-order valence-electron chi connectivity index (χ1n) is 10.8. The van der Waals surface area contributed by atoms with Crippen LogP contribution in [0.3, 0.4) is 0 Å². The number of para-hydroxylation sites is 1. The van der Waals surface area contributed by atoms with Crippen molar-refractivity contribution in [1.29, 1.82) is 0 Å². The fourth-order valence-corrected chi connectivity index (χ4v) is 4.83. The highest BCUT2D eigenvalue weighted by atomic mass is 16.2. The van der Waals surface area contributed by atoms with Crippen molar-refractivity contribution in [2.75, 3.05) is 31.6 Å². The molecule has 3 aliphatic heterocycles. The van der Waals surface area contributed by atoms with E-state index in [9.17, 15) is 9.59 Å². The number of urea groups is 1. The van der Waals surface area contributed by atoms with Gasteiger partial charge in [-0.1, -0.05) is 60.7 Å². The van der Waals surface area contributed by atoms with Crippen LogP contribution in [-0.4, -0.2) is 71.8 Å². The summed E-state index contributed by atoms with van der Waals surface area (Å²) in [5, 5.41) is 3.55. The van der Waals surface area contributed by atoms with E-state index in [2.05, 4.69) is 27.2 Å². The number of fused-ring (bicyclic) bond motifs is 3. The van der Waals surface area contributed by atoms with E-state index in [0.717, 1.165) is 30.8 Å². The summed E-state index contributed by atoms with van der Waals surface area (Å²) in [4.78, 5) is 34.0. The van der Waals surface area contributed by atoms with Crippen LogP contribution < -0.4 is 10.2 Å². The lowest BCUT2D eigenvalue weighted by atomic mass is 10.1. The Morgan fingerprint density at radius 3 is 2.45 bits per heavy atom. The standard InChI is InChI=1S/C24H27N5O2/c1-26-21-20(22(30)29(24(26)31)15-8-12-18-10-4-2-5-11-18)28-17-9-16-27(23(28)25-21)19-13-6-3-7-14-19/h2-8,10-14,20-21,23,25H,9,15-17H2,1H3/b12-8+. The highest BCUT2D eigenvalue weighted by Gasteiger charge is 2.55. The molecule has 3 fully saturated rings. The third kappa shape index (κ3) is 3.49. The summed E-state index contributed by atoms with van der Waals surface area (Å²) < 4.78 is 0. The van der Waals surface area contributed by atoms with Crippen molar-refractivity contribution in [1.82, 2.24) is 20.0 Å². The molecule has 31 heavy (non-hydrogen) atoms. The van der Waals surface area contributed by atoms with Crippen molar-refractivity contribution in [3.05, 3.63) is 72.3 Å². The molecule has 3 unspecified atom stereocenters. The van der Waals surface area contributed by atoms with Gasteiger partial charge in [-0.05, 0) is 24.1 Å². The van der Waals surface area contributed by atoms with Gasteiger partial charge in [-0.2, -0.15) is 0 Å². The van der Waals surface area contributed by atoms with E-state index in [-0.39, 0.29) is 37.0 Å². The topological polar surface area (TPSA) is 59.1 Å². The maximum Gasteiger partial charge on any atom is 0.328 e. The second kappa shape index (κ2) is 8.17. The maximum absolute atomic E-state index is 13.4. The van der Waals surface area contributed by atoms with Gasteiger partial charge in [-0.25, -0.2) is 4.79 Å². The fourth-order valence-electron chi connectivity index (χ4n) is 4.83. The highest BCUT2D eigenvalue weighted by Crippen LogP contribution is 2.32. The average Bonchev–Trinajstić information content (AvgIpc) is 3.21. The van der Waals surface area contributed by atoms with E-state index in [1.165, 1.54) is 4.90 Å². The molecule has 1 N–H and O–H groups in total. The van der Waals surface area contributed by atoms with Crippen molar-refractivity contribution in [3.63, 3.8) is 0 Å². The highest BCUT2D eigenvalue weighted by molar-refractivity contribution is 6.00. The summed E-state index contributed by atoms with van der Waals surface area (Å²) in [6, 6.07) is 19.5. The lowest BCUT2D eigenvalue weighted by molar-refractivity contribution is -0.138. The summed E-state index contributed by atoms with van der Waals surface area (Å²) in [6.45, 7) is 2.00. The predicted octanol–water partition coefficient (Wildman–Crippen LogP) is 2.39. The predicted molar refractivity (Wildman–Crippen MR) is 120 cm³/mol. The number of nitrogens with one attached hydrogen (secondary N) is 1. The molecule has 3 aliphatic rings. The van der Waals surface area contributed by atoms with Crippen LogP contribution in [0.5, 0.6) is 0 Å². The molecule has 0 spiro atoms. The fraction of sp³-hybridized carbons (Fsp3) is 0.333. The first-order valence-corrected chi connectivity index (χ1v) is 10.8. The number of hydrogen-bond donors (Lipinski definition) is 1. The minimum atomic E-state index is -0.385. The van der Waals surface area contributed by atoms with Crippen molar-refractivity contribution in [3.8, 4) is 0 Å². The van der Waals surface area contributed by atoms with Crippen LogP contribution >= 0.6 is 0 Å². The molecule has 3 heterocycles. The van der Waals surface area contributed by atoms with Gasteiger partial charge < -0.3 is 9.80 Å². The Morgan fingerprint density at radius 2 is 1.71 bits per heavy atom. The van der Waals surface area contributed by atoms with Gasteiger partial charge in [0.05, 0.1) is 0 Å². The van der Waals surface area contributed by atoms with Gasteiger partial charge in [-0.3, -0.25) is 19.9 Å². The molecule has 0 aliphatic carbocycles. The number of likely N-dealkylation sites (N-methyl/N-ethyl adjacent to an activating group) is 1. The summed E-state index contributed by atoms with van der Waals surface area (Å²) in [6.07, 6.45) is 4.36. The molecule has 160 valence electrons. The van der Waals surface area contributed by atoms with Crippen LogP contribution in [0.4, 0.5) is 10.5 Å². The zero-order valence-corrected chi connectivity index (χ0v) is 17.6. The molecule has 2 aromatic carbocycles. The van der Waals surface area contributed by atoms with E-state index >= 15 is 0 Å². The molecule has 0 radical (unpaired) electrons. The van der Waals surface area contributed by atoms with Crippen LogP contribution in [0.15, 0.2) is 66.7 Å². The lowest BCUT2D eigenvalue weighted by Crippen LogP contribution is -2.66. The molecule has 0 bridgehead atoms. The van der Waals surface area contributed by atoms with Gasteiger partial charge in [0.15, 0.2) is 0 Å². The average molecular weight is 418 g/mol. The molecule has 5 rings (SSSR count). The Morgan fingerprint density at radius 1 is 1.00 bits per heavy atom. The minimum Gasteiger partial charge on any atom is -0.343 e. The zero-order valence-electron chi connectivity index (χ0n) is 17.6. The van der Waals surface area contributed by atoms with Crippen molar-refractivity contribution in [2.24, 2.45) is 0 Å². The minimum absolute atomic E-state index is 0.106. The largest absolute Gasteiger partial charge is 0.343 e. The molecule has 7 nitrogen and oxygen atoms in total. The number of rotatable bonds is 4. The second-order valence-electron chi connectivity index (χ2n) is 8.21. The first kappa shape index (κ1) is 19.8. The molecule has 0 saturated carbocycles. The van der Waals surface area contributed by atoms with Gasteiger partial charge in [0.1, 0.15) is 18.5 Å². The van der Waals surface area contributed by atoms with Crippen LogP contribution in [-0.2, 0) is 4.79 Å². The Labute approximate surface area is 182 Å². The lowest BCUT2D eigenvalue weighted by Gasteiger charge is -2.43. The third-order valence-electron chi connectivity index (χ3n) is 6.36. The summed E-state index contributed by atoms with van der Waals surface area (Å²) in [7, 11) is 1.78. The van der Waals surface area contributed by atoms with E-state index in [0.29, 0.717) is 0 Å². The van der Waals surface area contributed by atoms with Gasteiger partial charge in [-0.15, -0.1) is 0 Å². The van der Waals surface area contributed by atoms with E-state index in [1.807, 2.05) is 60.7 Å². The number of carbonyl (C=O) groups is 2. The molecule has 0 aromatic heterocycles. The molecule has 2 aromatic rings. The maximum atomic E-state index is 13.4. The Balaban J connectivity index is 1.37. The van der Waals surface area contributed by atoms with Crippen LogP contribution in [0.25, 0.3) is 6.08 Å². The van der Waals surface area contributed by atoms with E-state index in [1.54, 1.807) is 11.9 Å². The number of carbonyl (C=O) groups excluding carboxylic acids is 2. The van der Waals surface area contributed by atoms with Crippen molar-refractivity contribution < 1.29 is 9.59 Å². The smallest absolute Gasteiger partial charge is 0.328 e. The first-order chi connectivity index (χ1) is 15.1. The summed E-state index contributed by atoms with van der Waals surface area (Å²) >= 11 is 0. The van der Waals surface area contributed by atoms with Crippen molar-refractivity contribution >= 4 is 23.7 Å². The number of amides is 3. The number of anilines is 1. The molecule has 7 heteroatoms. The van der Waals surface area contributed by atoms with Crippen LogP contribution in [0, 0.1) is 0 Å². The summed E-state index contributed by atoms with van der Waals surface area (Å²) in [5.41, 5.74) is 2.16. The van der Waals surface area contributed by atoms with Gasteiger partial charge in [0, 0.05) is 32.4 Å². The molecule has 3 atom stereocenters. The van der Waals surface area contributed by atoms with E-state index in [4.69, 9.17) is 0 Å². The third-order valence-corrected chi connectivity index (χ3v) is 6.36. The zero-order chi connectivity index (χ0) is 21.4. The number of imide groups is 1. The molecule has 3 saturated heterocycles. The van der Waals surface area contributed by atoms with Crippen molar-refractivity contribution in [2.45, 2.75) is 24.9 Å². The Bertz CT molecular complexity index is 980. The molecule has 3 amide bonds. The summed E-state index contributed by atoms with van der Waals surface area (Å²) in [5.74, 6) is -0.129. The number of nitrogens with zero attached hydrogens (tertiary/aromatic N) is 4. The SMILES string of the molecule is CN1C(=O)N(C/C=C/c2ccccc2)C(=O)C2C1NC1N(c3ccccc3)CCCN21. The van der Waals surface area contributed by atoms with Crippen LogP contribution in [0.1, 0.15) is 12.0 Å². The molecular weight excluding hydrogens is 390 g/mol.